The highest BCUT2D eigenvalue weighted by atomic mass is 14.7. The fourth-order valence-corrected chi connectivity index (χ4v) is 3.13. The molecule has 1 saturated carbocycles. The third kappa shape index (κ3) is 3.85. The van der Waals surface area contributed by atoms with Gasteiger partial charge in [-0.05, 0) is 54.1 Å². The van der Waals surface area contributed by atoms with E-state index < -0.39 is 0 Å². The summed E-state index contributed by atoms with van der Waals surface area (Å²) < 4.78 is 0. The summed E-state index contributed by atoms with van der Waals surface area (Å²) in [7, 11) is 0. The Morgan fingerprint density at radius 1 is 0.950 bits per heavy atom. The van der Waals surface area contributed by atoms with Crippen LogP contribution in [-0.2, 0) is 11.8 Å². The summed E-state index contributed by atoms with van der Waals surface area (Å²) in [6.07, 6.45) is 5.84. The minimum Gasteiger partial charge on any atom is -0.325 e. The molecule has 20 heavy (non-hydrogen) atoms. The van der Waals surface area contributed by atoms with Crippen molar-refractivity contribution < 1.29 is 0 Å². The second kappa shape index (κ2) is 5.18. The average Bonchev–Trinajstić information content (AvgIpc) is 2.33. The van der Waals surface area contributed by atoms with Crippen LogP contribution in [0.4, 0.5) is 0 Å². The van der Waals surface area contributed by atoms with Crippen molar-refractivity contribution in [1.82, 2.24) is 0 Å². The van der Waals surface area contributed by atoms with E-state index in [1.807, 2.05) is 0 Å². The molecule has 0 amide bonds. The molecule has 0 bridgehead atoms. The Balaban J connectivity index is 2.03. The summed E-state index contributed by atoms with van der Waals surface area (Å²) in [6.45, 7) is 11.5. The van der Waals surface area contributed by atoms with Crippen molar-refractivity contribution in [2.24, 2.45) is 11.1 Å². The first-order chi connectivity index (χ1) is 9.10. The van der Waals surface area contributed by atoms with E-state index in [0.29, 0.717) is 5.41 Å². The van der Waals surface area contributed by atoms with Crippen LogP contribution in [0, 0.1) is 5.41 Å². The van der Waals surface area contributed by atoms with Crippen LogP contribution >= 0.6 is 0 Å². The van der Waals surface area contributed by atoms with E-state index >= 15 is 0 Å². The molecule has 2 rings (SSSR count). The highest BCUT2D eigenvalue weighted by Gasteiger charge is 2.35. The van der Waals surface area contributed by atoms with Crippen LogP contribution in [0.25, 0.3) is 0 Å². The van der Waals surface area contributed by atoms with Crippen LogP contribution in [-0.4, -0.2) is 5.54 Å². The molecule has 112 valence electrons. The molecule has 1 heteroatoms. The normalized spacial score (nSPS) is 21.7. The van der Waals surface area contributed by atoms with E-state index in [9.17, 15) is 0 Å². The van der Waals surface area contributed by atoms with Gasteiger partial charge in [0.05, 0.1) is 0 Å². The first-order valence-electron chi connectivity index (χ1n) is 7.98. The maximum Gasteiger partial charge on any atom is 0.0195 e. The number of rotatable bonds is 2. The highest BCUT2D eigenvalue weighted by Crippen LogP contribution is 2.40. The molecule has 1 aromatic rings. The summed E-state index contributed by atoms with van der Waals surface area (Å²) in [6, 6.07) is 9.08. The fourth-order valence-electron chi connectivity index (χ4n) is 3.13. The Morgan fingerprint density at radius 3 is 1.90 bits per heavy atom. The van der Waals surface area contributed by atoms with Gasteiger partial charge in [0.25, 0.3) is 0 Å². The molecule has 0 radical (unpaired) electrons. The van der Waals surface area contributed by atoms with E-state index in [1.165, 1.54) is 24.0 Å². The third-order valence-electron chi connectivity index (χ3n) is 4.98. The van der Waals surface area contributed by atoms with Crippen molar-refractivity contribution in [2.75, 3.05) is 0 Å². The van der Waals surface area contributed by atoms with Crippen molar-refractivity contribution in [1.29, 1.82) is 0 Å². The second-order valence-electron chi connectivity index (χ2n) is 8.65. The van der Waals surface area contributed by atoms with Crippen LogP contribution in [0.15, 0.2) is 24.3 Å². The molecular formula is C19H31N. The van der Waals surface area contributed by atoms with Crippen molar-refractivity contribution in [3.05, 3.63) is 35.4 Å². The Hall–Kier alpha value is -0.820. The summed E-state index contributed by atoms with van der Waals surface area (Å²) in [5.41, 5.74) is 10.2. The van der Waals surface area contributed by atoms with E-state index in [0.717, 1.165) is 19.3 Å². The number of benzene rings is 1. The molecule has 0 unspecified atom stereocenters. The first kappa shape index (κ1) is 15.6. The maximum atomic E-state index is 6.64. The van der Waals surface area contributed by atoms with Crippen LogP contribution in [0.5, 0.6) is 0 Å². The summed E-state index contributed by atoms with van der Waals surface area (Å²) in [5.74, 6) is 0. The molecule has 1 nitrogen and oxygen atoms in total. The average molecular weight is 273 g/mol. The lowest BCUT2D eigenvalue weighted by atomic mass is 9.68. The van der Waals surface area contributed by atoms with Crippen molar-refractivity contribution in [3.63, 3.8) is 0 Å². The highest BCUT2D eigenvalue weighted by molar-refractivity contribution is 5.28. The zero-order chi connectivity index (χ0) is 15.0. The number of nitrogens with two attached hydrogens (primary N) is 1. The van der Waals surface area contributed by atoms with Gasteiger partial charge in [0.2, 0.25) is 0 Å². The third-order valence-corrected chi connectivity index (χ3v) is 4.98. The molecule has 1 aliphatic rings. The zero-order valence-electron chi connectivity index (χ0n) is 13.9. The second-order valence-corrected chi connectivity index (χ2v) is 8.65. The summed E-state index contributed by atoms with van der Waals surface area (Å²) >= 11 is 0. The number of hydrogen-bond acceptors (Lipinski definition) is 1. The van der Waals surface area contributed by atoms with Gasteiger partial charge in [-0.3, -0.25) is 0 Å². The van der Waals surface area contributed by atoms with E-state index in [4.69, 9.17) is 5.73 Å². The molecular weight excluding hydrogens is 242 g/mol. The topological polar surface area (TPSA) is 26.0 Å². The Bertz CT molecular complexity index is 438. The molecule has 0 saturated heterocycles. The number of hydrogen-bond donors (Lipinski definition) is 1. The van der Waals surface area contributed by atoms with Gasteiger partial charge in [0.15, 0.2) is 0 Å². The lowest BCUT2D eigenvalue weighted by molar-refractivity contribution is 0.164. The SMILES string of the molecule is CC1(C)CCC(N)(Cc2ccc(C(C)(C)C)cc2)CC1. The van der Waals surface area contributed by atoms with E-state index in [1.54, 1.807) is 0 Å². The smallest absolute Gasteiger partial charge is 0.0195 e. The molecule has 0 atom stereocenters. The molecule has 1 aliphatic carbocycles. The van der Waals surface area contributed by atoms with Gasteiger partial charge in [-0.1, -0.05) is 58.9 Å². The van der Waals surface area contributed by atoms with Crippen LogP contribution in [0.3, 0.4) is 0 Å². The maximum absolute atomic E-state index is 6.64. The summed E-state index contributed by atoms with van der Waals surface area (Å²) in [4.78, 5) is 0. The predicted octanol–water partition coefficient (Wildman–Crippen LogP) is 4.82. The van der Waals surface area contributed by atoms with Gasteiger partial charge < -0.3 is 5.73 Å². The van der Waals surface area contributed by atoms with Gasteiger partial charge in [-0.15, -0.1) is 0 Å². The molecule has 2 N–H and O–H groups in total. The Morgan fingerprint density at radius 2 is 1.45 bits per heavy atom. The minimum atomic E-state index is 0.0127. The first-order valence-corrected chi connectivity index (χ1v) is 7.98. The fraction of sp³-hybridized carbons (Fsp3) is 0.684. The Labute approximate surface area is 125 Å². The lowest BCUT2D eigenvalue weighted by Crippen LogP contribution is -2.46. The Kier molecular flexibility index (Phi) is 4.03. The van der Waals surface area contributed by atoms with Crippen molar-refractivity contribution in [3.8, 4) is 0 Å². The molecule has 0 spiro atoms. The van der Waals surface area contributed by atoms with E-state index in [-0.39, 0.29) is 11.0 Å². The molecule has 1 fully saturated rings. The molecule has 0 heterocycles. The van der Waals surface area contributed by atoms with Gasteiger partial charge in [-0.25, -0.2) is 0 Å². The predicted molar refractivity (Wildman–Crippen MR) is 88.0 cm³/mol. The van der Waals surface area contributed by atoms with Crippen molar-refractivity contribution in [2.45, 2.75) is 77.7 Å². The zero-order valence-corrected chi connectivity index (χ0v) is 13.9. The molecule has 0 aromatic heterocycles. The largest absolute Gasteiger partial charge is 0.325 e. The molecule has 1 aromatic carbocycles. The monoisotopic (exact) mass is 273 g/mol. The summed E-state index contributed by atoms with van der Waals surface area (Å²) in [5, 5.41) is 0. The minimum absolute atomic E-state index is 0.0127. The van der Waals surface area contributed by atoms with E-state index in [2.05, 4.69) is 58.9 Å². The van der Waals surface area contributed by atoms with Crippen LogP contribution < -0.4 is 5.73 Å². The van der Waals surface area contributed by atoms with Crippen molar-refractivity contribution >= 4 is 0 Å². The van der Waals surface area contributed by atoms with Gasteiger partial charge >= 0.3 is 0 Å². The van der Waals surface area contributed by atoms with Gasteiger partial charge in [0.1, 0.15) is 0 Å². The van der Waals surface area contributed by atoms with Gasteiger partial charge in [-0.2, -0.15) is 0 Å². The molecule has 0 aliphatic heterocycles. The van der Waals surface area contributed by atoms with Gasteiger partial charge in [0, 0.05) is 5.54 Å². The van der Waals surface area contributed by atoms with Crippen LogP contribution in [0.2, 0.25) is 0 Å². The quantitative estimate of drug-likeness (QED) is 0.821. The van der Waals surface area contributed by atoms with Crippen LogP contribution in [0.1, 0.15) is 71.4 Å². The lowest BCUT2D eigenvalue weighted by Gasteiger charge is -2.41. The standard InChI is InChI=1S/C19H31N/c1-17(2,3)16-8-6-15(7-9-16)14-19(20)12-10-18(4,5)11-13-19/h6-9H,10-14,20H2,1-5H3.